The highest BCUT2D eigenvalue weighted by Crippen LogP contribution is 2.25. The average molecular weight is 235 g/mol. The zero-order valence-corrected chi connectivity index (χ0v) is 10.8. The van der Waals surface area contributed by atoms with Gasteiger partial charge in [0.15, 0.2) is 0 Å². The lowest BCUT2D eigenvalue weighted by Gasteiger charge is -2.13. The minimum absolute atomic E-state index is 0.236. The number of rotatable bonds is 5. The van der Waals surface area contributed by atoms with Crippen molar-refractivity contribution >= 4 is 11.7 Å². The normalized spacial score (nSPS) is 10.5. The summed E-state index contributed by atoms with van der Waals surface area (Å²) in [7, 11) is 0. The first-order valence-corrected chi connectivity index (χ1v) is 6.10. The number of aromatic carboxylic acids is 1. The van der Waals surface area contributed by atoms with Gasteiger partial charge in [-0.05, 0) is 49.4 Å². The molecule has 0 amide bonds. The van der Waals surface area contributed by atoms with Crippen molar-refractivity contribution < 1.29 is 9.90 Å². The van der Waals surface area contributed by atoms with E-state index in [1.54, 1.807) is 6.07 Å². The molecule has 0 aromatic heterocycles. The molecule has 0 aliphatic heterocycles. The number of nitrogen functional groups attached to an aromatic ring is 1. The van der Waals surface area contributed by atoms with E-state index in [4.69, 9.17) is 10.8 Å². The molecule has 0 atom stereocenters. The van der Waals surface area contributed by atoms with Crippen LogP contribution in [0.25, 0.3) is 0 Å². The first-order valence-electron chi connectivity index (χ1n) is 6.10. The van der Waals surface area contributed by atoms with Gasteiger partial charge in [-0.25, -0.2) is 4.79 Å². The zero-order chi connectivity index (χ0) is 13.0. The maximum atomic E-state index is 11.1. The van der Waals surface area contributed by atoms with Gasteiger partial charge in [0.25, 0.3) is 0 Å². The second-order valence-corrected chi connectivity index (χ2v) is 4.51. The second-order valence-electron chi connectivity index (χ2n) is 4.51. The summed E-state index contributed by atoms with van der Waals surface area (Å²) in [6.07, 6.45) is 4.37. The summed E-state index contributed by atoms with van der Waals surface area (Å²) < 4.78 is 0. The second kappa shape index (κ2) is 5.71. The number of hydrogen-bond donors (Lipinski definition) is 2. The topological polar surface area (TPSA) is 63.3 Å². The van der Waals surface area contributed by atoms with Gasteiger partial charge in [-0.2, -0.15) is 0 Å². The highest BCUT2D eigenvalue weighted by Gasteiger charge is 2.14. The molecule has 0 saturated heterocycles. The fourth-order valence-electron chi connectivity index (χ4n) is 2.01. The molecular weight excluding hydrogens is 214 g/mol. The van der Waals surface area contributed by atoms with Crippen molar-refractivity contribution in [2.75, 3.05) is 5.73 Å². The largest absolute Gasteiger partial charge is 0.478 e. The van der Waals surface area contributed by atoms with Gasteiger partial charge in [0, 0.05) is 5.69 Å². The Bertz CT molecular complexity index is 425. The molecule has 0 spiro atoms. The Balaban J connectivity index is 3.09. The standard InChI is InChI=1S/C14H21NO2/c1-4-5-6-7-11-8-12(14(16)17)13(15)10(3)9(11)2/h8H,4-7,15H2,1-3H3,(H,16,17). The maximum Gasteiger partial charge on any atom is 0.337 e. The molecule has 94 valence electrons. The fraction of sp³-hybridized carbons (Fsp3) is 0.500. The monoisotopic (exact) mass is 235 g/mol. The van der Waals surface area contributed by atoms with Gasteiger partial charge in [-0.3, -0.25) is 0 Å². The lowest BCUT2D eigenvalue weighted by Crippen LogP contribution is -2.08. The van der Waals surface area contributed by atoms with E-state index in [0.717, 1.165) is 29.5 Å². The smallest absolute Gasteiger partial charge is 0.337 e. The molecule has 0 fully saturated rings. The van der Waals surface area contributed by atoms with Crippen molar-refractivity contribution in [3.8, 4) is 0 Å². The van der Waals surface area contributed by atoms with Gasteiger partial charge < -0.3 is 10.8 Å². The minimum atomic E-state index is -0.942. The summed E-state index contributed by atoms with van der Waals surface area (Å²) in [5.41, 5.74) is 9.60. The van der Waals surface area contributed by atoms with E-state index in [1.165, 1.54) is 12.8 Å². The van der Waals surface area contributed by atoms with Gasteiger partial charge in [-0.1, -0.05) is 19.8 Å². The van der Waals surface area contributed by atoms with Gasteiger partial charge >= 0.3 is 5.97 Å². The van der Waals surface area contributed by atoms with Gasteiger partial charge in [0.2, 0.25) is 0 Å². The van der Waals surface area contributed by atoms with Crippen LogP contribution < -0.4 is 5.73 Å². The lowest BCUT2D eigenvalue weighted by atomic mass is 9.94. The minimum Gasteiger partial charge on any atom is -0.478 e. The molecule has 3 heteroatoms. The van der Waals surface area contributed by atoms with Crippen LogP contribution in [0.4, 0.5) is 5.69 Å². The number of anilines is 1. The summed E-state index contributed by atoms with van der Waals surface area (Å²) in [6, 6.07) is 1.73. The third kappa shape index (κ3) is 2.99. The maximum absolute atomic E-state index is 11.1. The van der Waals surface area contributed by atoms with Crippen molar-refractivity contribution in [2.24, 2.45) is 0 Å². The van der Waals surface area contributed by atoms with Crippen molar-refractivity contribution in [1.82, 2.24) is 0 Å². The Labute approximate surface area is 103 Å². The predicted molar refractivity (Wildman–Crippen MR) is 70.5 cm³/mol. The number of benzene rings is 1. The Hall–Kier alpha value is -1.51. The number of unbranched alkanes of at least 4 members (excludes halogenated alkanes) is 2. The number of aryl methyl sites for hydroxylation is 1. The number of carbonyl (C=O) groups is 1. The van der Waals surface area contributed by atoms with Gasteiger partial charge in [-0.15, -0.1) is 0 Å². The van der Waals surface area contributed by atoms with E-state index in [9.17, 15) is 4.79 Å². The molecule has 0 heterocycles. The molecule has 0 aliphatic rings. The van der Waals surface area contributed by atoms with Crippen molar-refractivity contribution in [2.45, 2.75) is 46.5 Å². The SMILES string of the molecule is CCCCCc1cc(C(=O)O)c(N)c(C)c1C. The lowest BCUT2D eigenvalue weighted by molar-refractivity contribution is 0.0698. The molecule has 0 saturated carbocycles. The summed E-state index contributed by atoms with van der Waals surface area (Å²) in [6.45, 7) is 6.06. The summed E-state index contributed by atoms with van der Waals surface area (Å²) in [5, 5.41) is 9.10. The molecule has 1 aromatic carbocycles. The van der Waals surface area contributed by atoms with E-state index in [0.29, 0.717) is 5.69 Å². The molecular formula is C14H21NO2. The first-order chi connectivity index (χ1) is 7.99. The van der Waals surface area contributed by atoms with Crippen LogP contribution >= 0.6 is 0 Å². The number of carboxylic acids is 1. The molecule has 1 aromatic rings. The molecule has 17 heavy (non-hydrogen) atoms. The molecule has 0 aliphatic carbocycles. The van der Waals surface area contributed by atoms with E-state index in [-0.39, 0.29) is 5.56 Å². The predicted octanol–water partition coefficient (Wildman–Crippen LogP) is 3.32. The number of hydrogen-bond acceptors (Lipinski definition) is 2. The molecule has 0 radical (unpaired) electrons. The van der Waals surface area contributed by atoms with Crippen molar-refractivity contribution in [3.63, 3.8) is 0 Å². The van der Waals surface area contributed by atoms with Crippen molar-refractivity contribution in [3.05, 3.63) is 28.3 Å². The van der Waals surface area contributed by atoms with Crippen LogP contribution in [0.15, 0.2) is 6.07 Å². The molecule has 3 N–H and O–H groups in total. The third-order valence-corrected chi connectivity index (χ3v) is 3.34. The third-order valence-electron chi connectivity index (χ3n) is 3.34. The summed E-state index contributed by atoms with van der Waals surface area (Å²) in [5.74, 6) is -0.942. The van der Waals surface area contributed by atoms with Gasteiger partial charge in [0.1, 0.15) is 0 Å². The average Bonchev–Trinajstić information content (AvgIpc) is 2.29. The number of carboxylic acid groups (broad SMARTS) is 1. The van der Waals surface area contributed by atoms with Crippen LogP contribution in [0.1, 0.15) is 53.2 Å². The number of nitrogens with two attached hydrogens (primary N) is 1. The fourth-order valence-corrected chi connectivity index (χ4v) is 2.01. The Morgan fingerprint density at radius 3 is 2.47 bits per heavy atom. The Morgan fingerprint density at radius 2 is 1.94 bits per heavy atom. The molecule has 0 bridgehead atoms. The van der Waals surface area contributed by atoms with Crippen LogP contribution in [-0.4, -0.2) is 11.1 Å². The summed E-state index contributed by atoms with van der Waals surface area (Å²) >= 11 is 0. The first kappa shape index (κ1) is 13.6. The van der Waals surface area contributed by atoms with Gasteiger partial charge in [0.05, 0.1) is 5.56 Å². The van der Waals surface area contributed by atoms with Crippen molar-refractivity contribution in [1.29, 1.82) is 0 Å². The van der Waals surface area contributed by atoms with E-state index in [1.807, 2.05) is 13.8 Å². The van der Waals surface area contributed by atoms with Crippen LogP contribution in [0.3, 0.4) is 0 Å². The zero-order valence-electron chi connectivity index (χ0n) is 10.8. The summed E-state index contributed by atoms with van der Waals surface area (Å²) in [4.78, 5) is 11.1. The highest BCUT2D eigenvalue weighted by molar-refractivity contribution is 5.95. The van der Waals surface area contributed by atoms with E-state index < -0.39 is 5.97 Å². The molecule has 1 rings (SSSR count). The van der Waals surface area contributed by atoms with Crippen LogP contribution in [0.2, 0.25) is 0 Å². The van der Waals surface area contributed by atoms with E-state index >= 15 is 0 Å². The van der Waals surface area contributed by atoms with E-state index in [2.05, 4.69) is 6.92 Å². The quantitative estimate of drug-likeness (QED) is 0.608. The van der Waals surface area contributed by atoms with Crippen LogP contribution in [0, 0.1) is 13.8 Å². The Kier molecular flexibility index (Phi) is 4.55. The van der Waals surface area contributed by atoms with Crippen LogP contribution in [-0.2, 0) is 6.42 Å². The molecule has 0 unspecified atom stereocenters. The van der Waals surface area contributed by atoms with Crippen LogP contribution in [0.5, 0.6) is 0 Å². The Morgan fingerprint density at radius 1 is 1.29 bits per heavy atom. The molecule has 3 nitrogen and oxygen atoms in total. The highest BCUT2D eigenvalue weighted by atomic mass is 16.4.